The Hall–Kier alpha value is -3.19. The molecule has 3 aromatic rings. The summed E-state index contributed by atoms with van der Waals surface area (Å²) >= 11 is 1.41. The third-order valence-electron chi connectivity index (χ3n) is 4.86. The van der Waals surface area contributed by atoms with Gasteiger partial charge < -0.3 is 15.4 Å². The van der Waals surface area contributed by atoms with E-state index in [0.29, 0.717) is 5.13 Å². The Kier molecular flexibility index (Phi) is 7.41. The van der Waals surface area contributed by atoms with Crippen LogP contribution in [0.15, 0.2) is 54.6 Å². The number of hydrogen-bond acceptors (Lipinski definition) is 5. The van der Waals surface area contributed by atoms with E-state index < -0.39 is 6.04 Å². The highest BCUT2D eigenvalue weighted by atomic mass is 32.1. The van der Waals surface area contributed by atoms with Crippen molar-refractivity contribution in [3.63, 3.8) is 0 Å². The van der Waals surface area contributed by atoms with Crippen molar-refractivity contribution in [1.82, 2.24) is 10.3 Å². The molecule has 0 aliphatic heterocycles. The van der Waals surface area contributed by atoms with Gasteiger partial charge in [-0.25, -0.2) is 4.98 Å². The van der Waals surface area contributed by atoms with E-state index in [1.807, 2.05) is 75.4 Å². The lowest BCUT2D eigenvalue weighted by atomic mass is 10.0. The molecule has 0 unspecified atom stereocenters. The molecule has 0 aliphatic rings. The number of amides is 2. The Bertz CT molecular complexity index is 1030. The summed E-state index contributed by atoms with van der Waals surface area (Å²) in [4.78, 5) is 31.0. The largest absolute Gasteiger partial charge is 0.497 e. The number of ether oxygens (including phenoxy) is 1. The fraction of sp³-hybridized carbons (Fsp3) is 0.292. The molecule has 0 saturated carbocycles. The number of hydrogen-bond donors (Lipinski definition) is 2. The number of rotatable bonds is 8. The van der Waals surface area contributed by atoms with Crippen molar-refractivity contribution in [1.29, 1.82) is 0 Å². The van der Waals surface area contributed by atoms with Crippen LogP contribution in [0.25, 0.3) is 11.3 Å². The molecule has 1 aromatic heterocycles. The molecule has 3 rings (SSSR count). The SMILES string of the molecule is COc1ccc(-c2nc(NC(=O)[C@@H](NC(=O)Cc3ccccc3)C(C)C)sc2C)cc1. The minimum atomic E-state index is -0.648. The van der Waals surface area contributed by atoms with Crippen LogP contribution >= 0.6 is 11.3 Å². The molecule has 2 N–H and O–H groups in total. The molecule has 31 heavy (non-hydrogen) atoms. The number of thiazole rings is 1. The summed E-state index contributed by atoms with van der Waals surface area (Å²) in [6, 6.07) is 16.5. The lowest BCUT2D eigenvalue weighted by Gasteiger charge is -2.21. The topological polar surface area (TPSA) is 80.3 Å². The van der Waals surface area contributed by atoms with E-state index >= 15 is 0 Å². The van der Waals surface area contributed by atoms with Crippen LogP contribution in [0.5, 0.6) is 5.75 Å². The molecule has 0 saturated heterocycles. The maximum Gasteiger partial charge on any atom is 0.248 e. The second-order valence-corrected chi connectivity index (χ2v) is 8.80. The summed E-state index contributed by atoms with van der Waals surface area (Å²) in [6.07, 6.45) is 0.231. The molecule has 0 bridgehead atoms. The van der Waals surface area contributed by atoms with Gasteiger partial charge >= 0.3 is 0 Å². The summed E-state index contributed by atoms with van der Waals surface area (Å²) in [5.41, 5.74) is 2.67. The Morgan fingerprint density at radius 1 is 1.06 bits per heavy atom. The number of benzene rings is 2. The lowest BCUT2D eigenvalue weighted by molar-refractivity contribution is -0.127. The zero-order valence-corrected chi connectivity index (χ0v) is 19.0. The Morgan fingerprint density at radius 2 is 1.74 bits per heavy atom. The van der Waals surface area contributed by atoms with Gasteiger partial charge in [-0.2, -0.15) is 0 Å². The second-order valence-electron chi connectivity index (χ2n) is 7.59. The molecule has 1 atom stereocenters. The number of aromatic nitrogens is 1. The van der Waals surface area contributed by atoms with Crippen LogP contribution in [0.3, 0.4) is 0 Å². The number of anilines is 1. The number of nitrogens with zero attached hydrogens (tertiary/aromatic N) is 1. The molecule has 0 aliphatic carbocycles. The van der Waals surface area contributed by atoms with Gasteiger partial charge in [0.25, 0.3) is 0 Å². The summed E-state index contributed by atoms with van der Waals surface area (Å²) in [5, 5.41) is 6.25. The minimum absolute atomic E-state index is 0.0677. The second kappa shape index (κ2) is 10.2. The molecular weight excluding hydrogens is 410 g/mol. The van der Waals surface area contributed by atoms with Crippen molar-refractivity contribution < 1.29 is 14.3 Å². The zero-order valence-electron chi connectivity index (χ0n) is 18.1. The van der Waals surface area contributed by atoms with Crippen molar-refractivity contribution in [2.45, 2.75) is 33.2 Å². The monoisotopic (exact) mass is 437 g/mol. The highest BCUT2D eigenvalue weighted by molar-refractivity contribution is 7.16. The van der Waals surface area contributed by atoms with Crippen LogP contribution in [0, 0.1) is 12.8 Å². The summed E-state index contributed by atoms with van der Waals surface area (Å²) < 4.78 is 5.20. The van der Waals surface area contributed by atoms with Crippen molar-refractivity contribution in [2.75, 3.05) is 12.4 Å². The lowest BCUT2D eigenvalue weighted by Crippen LogP contribution is -2.47. The van der Waals surface area contributed by atoms with Crippen molar-refractivity contribution in [3.05, 3.63) is 65.0 Å². The van der Waals surface area contributed by atoms with Crippen LogP contribution in [0.1, 0.15) is 24.3 Å². The molecule has 2 aromatic carbocycles. The van der Waals surface area contributed by atoms with E-state index in [1.54, 1.807) is 7.11 Å². The van der Waals surface area contributed by atoms with Gasteiger partial charge in [-0.1, -0.05) is 44.2 Å². The first-order chi connectivity index (χ1) is 14.9. The normalized spacial score (nSPS) is 11.8. The molecule has 0 radical (unpaired) electrons. The molecule has 1 heterocycles. The van der Waals surface area contributed by atoms with Crippen LogP contribution in [-0.4, -0.2) is 29.9 Å². The number of methoxy groups -OCH3 is 1. The third kappa shape index (κ3) is 5.92. The van der Waals surface area contributed by atoms with Gasteiger partial charge in [0.2, 0.25) is 11.8 Å². The first-order valence-corrected chi connectivity index (χ1v) is 10.9. The van der Waals surface area contributed by atoms with Gasteiger partial charge in [0.1, 0.15) is 11.8 Å². The standard InChI is InChI=1S/C24H27N3O3S/c1-15(2)21(25-20(28)14-17-8-6-5-7-9-17)23(29)27-24-26-22(16(3)31-24)18-10-12-19(30-4)13-11-18/h5-13,15,21H,14H2,1-4H3,(H,25,28)(H,26,27,29)/t21-/m0/s1. The zero-order chi connectivity index (χ0) is 22.4. The molecular formula is C24H27N3O3S. The summed E-state index contributed by atoms with van der Waals surface area (Å²) in [7, 11) is 1.63. The van der Waals surface area contributed by atoms with E-state index in [0.717, 1.165) is 27.4 Å². The predicted molar refractivity (Wildman–Crippen MR) is 124 cm³/mol. The molecule has 7 heteroatoms. The number of carbonyl (C=O) groups excluding carboxylic acids is 2. The van der Waals surface area contributed by atoms with E-state index in [-0.39, 0.29) is 24.2 Å². The molecule has 0 spiro atoms. The summed E-state index contributed by atoms with van der Waals surface area (Å²) in [5.74, 6) is 0.249. The first kappa shape index (κ1) is 22.5. The van der Waals surface area contributed by atoms with E-state index in [1.165, 1.54) is 11.3 Å². The Balaban J connectivity index is 1.68. The highest BCUT2D eigenvalue weighted by Gasteiger charge is 2.25. The smallest absolute Gasteiger partial charge is 0.248 e. The van der Waals surface area contributed by atoms with Crippen LogP contribution < -0.4 is 15.4 Å². The summed E-state index contributed by atoms with van der Waals surface area (Å²) in [6.45, 7) is 5.78. The average Bonchev–Trinajstić information content (AvgIpc) is 3.12. The molecule has 0 fully saturated rings. The van der Waals surface area contributed by atoms with E-state index in [4.69, 9.17) is 4.74 Å². The molecule has 6 nitrogen and oxygen atoms in total. The van der Waals surface area contributed by atoms with Crippen LogP contribution in [0.2, 0.25) is 0 Å². The number of aryl methyl sites for hydroxylation is 1. The van der Waals surface area contributed by atoms with Gasteiger partial charge in [-0.3, -0.25) is 9.59 Å². The highest BCUT2D eigenvalue weighted by Crippen LogP contribution is 2.31. The quantitative estimate of drug-likeness (QED) is 0.546. The average molecular weight is 438 g/mol. The van der Waals surface area contributed by atoms with Gasteiger partial charge in [0, 0.05) is 10.4 Å². The van der Waals surface area contributed by atoms with Gasteiger partial charge in [-0.05, 0) is 42.7 Å². The Morgan fingerprint density at radius 3 is 2.35 bits per heavy atom. The van der Waals surface area contributed by atoms with Crippen molar-refractivity contribution >= 4 is 28.3 Å². The van der Waals surface area contributed by atoms with Gasteiger partial charge in [-0.15, -0.1) is 11.3 Å². The first-order valence-electron chi connectivity index (χ1n) is 10.1. The molecule has 2 amide bonds. The van der Waals surface area contributed by atoms with Crippen LogP contribution in [0.4, 0.5) is 5.13 Å². The molecule has 162 valence electrons. The number of nitrogens with one attached hydrogen (secondary N) is 2. The fourth-order valence-electron chi connectivity index (χ4n) is 3.19. The maximum atomic E-state index is 12.9. The van der Waals surface area contributed by atoms with Crippen molar-refractivity contribution in [3.8, 4) is 17.0 Å². The van der Waals surface area contributed by atoms with Gasteiger partial charge in [0.05, 0.1) is 19.2 Å². The van der Waals surface area contributed by atoms with E-state index in [9.17, 15) is 9.59 Å². The van der Waals surface area contributed by atoms with Gasteiger partial charge in [0.15, 0.2) is 5.13 Å². The van der Waals surface area contributed by atoms with Crippen molar-refractivity contribution in [2.24, 2.45) is 5.92 Å². The number of carbonyl (C=O) groups is 2. The maximum absolute atomic E-state index is 12.9. The Labute approximate surface area is 186 Å². The van der Waals surface area contributed by atoms with E-state index in [2.05, 4.69) is 15.6 Å². The van der Waals surface area contributed by atoms with Crippen LogP contribution in [-0.2, 0) is 16.0 Å². The fourth-order valence-corrected chi connectivity index (χ4v) is 4.03. The third-order valence-corrected chi connectivity index (χ3v) is 5.75. The minimum Gasteiger partial charge on any atom is -0.497 e. The predicted octanol–water partition coefficient (Wildman–Crippen LogP) is 4.45.